The quantitative estimate of drug-likeness (QED) is 0.290. The fourth-order valence-corrected chi connectivity index (χ4v) is 3.87. The molecule has 1 rings (SSSR count). The molecule has 7 heteroatoms. The van der Waals surface area contributed by atoms with Crippen LogP contribution in [-0.4, -0.2) is 75.8 Å². The largest absolute Gasteiger partial charge is 0.379 e. The molecular formula is C17H36NO5S+. The number of rotatable bonds is 14. The third kappa shape index (κ3) is 10.6. The van der Waals surface area contributed by atoms with Gasteiger partial charge in [-0.05, 0) is 38.5 Å². The van der Waals surface area contributed by atoms with Gasteiger partial charge in [-0.2, -0.15) is 8.42 Å². The summed E-state index contributed by atoms with van der Waals surface area (Å²) in [6, 6.07) is 0. The van der Waals surface area contributed by atoms with E-state index in [4.69, 9.17) is 14.0 Å². The van der Waals surface area contributed by atoms with Crippen molar-refractivity contribution in [2.75, 3.05) is 58.4 Å². The number of nitrogens with zero attached hydrogens (tertiary/aromatic N) is 1. The van der Waals surface area contributed by atoms with Gasteiger partial charge in [-0.3, -0.25) is 4.55 Å². The molecule has 0 spiro atoms. The van der Waals surface area contributed by atoms with Gasteiger partial charge in [0.2, 0.25) is 0 Å². The highest BCUT2D eigenvalue weighted by molar-refractivity contribution is 7.85. The Balaban J connectivity index is 2.21. The summed E-state index contributed by atoms with van der Waals surface area (Å²) in [5.74, 6) is -0.126. The summed E-state index contributed by atoms with van der Waals surface area (Å²) in [6.45, 7) is 9.28. The Hall–Kier alpha value is -0.210. The molecule has 0 unspecified atom stereocenters. The summed E-state index contributed by atoms with van der Waals surface area (Å²) in [5.41, 5.74) is 0. The van der Waals surface area contributed by atoms with Crippen molar-refractivity contribution >= 4 is 10.1 Å². The molecule has 1 aliphatic heterocycles. The molecule has 0 radical (unpaired) electrons. The Kier molecular flexibility index (Phi) is 11.1. The van der Waals surface area contributed by atoms with Gasteiger partial charge >= 0.3 is 0 Å². The zero-order valence-corrected chi connectivity index (χ0v) is 16.1. The van der Waals surface area contributed by atoms with E-state index in [1.54, 1.807) is 0 Å². The van der Waals surface area contributed by atoms with Gasteiger partial charge in [0.05, 0.1) is 45.2 Å². The lowest BCUT2D eigenvalue weighted by molar-refractivity contribution is -0.933. The zero-order valence-electron chi connectivity index (χ0n) is 15.2. The normalized spacial score (nSPS) is 17.9. The molecule has 1 saturated heterocycles. The fraction of sp³-hybridized carbons (Fsp3) is 1.00. The first-order chi connectivity index (χ1) is 11.5. The van der Waals surface area contributed by atoms with Crippen LogP contribution in [0.2, 0.25) is 0 Å². The maximum Gasteiger partial charge on any atom is 0.264 e. The minimum Gasteiger partial charge on any atom is -0.379 e. The average Bonchev–Trinajstić information content (AvgIpc) is 2.54. The van der Waals surface area contributed by atoms with Crippen LogP contribution in [0.3, 0.4) is 0 Å². The van der Waals surface area contributed by atoms with Crippen LogP contribution in [0.15, 0.2) is 0 Å². The molecule has 0 saturated carbocycles. The third-order valence-corrected chi connectivity index (χ3v) is 5.58. The summed E-state index contributed by atoms with van der Waals surface area (Å²) >= 11 is 0. The number of ether oxygens (including phenoxy) is 2. The number of piperidine rings is 1. The number of quaternary nitrogens is 1. The summed E-state index contributed by atoms with van der Waals surface area (Å²) < 4.78 is 42.7. The van der Waals surface area contributed by atoms with E-state index in [9.17, 15) is 8.42 Å². The maximum atomic E-state index is 10.8. The Morgan fingerprint density at radius 2 is 1.54 bits per heavy atom. The van der Waals surface area contributed by atoms with Gasteiger partial charge in [0, 0.05) is 6.61 Å². The highest BCUT2D eigenvalue weighted by Gasteiger charge is 2.29. The minimum atomic E-state index is -3.83. The van der Waals surface area contributed by atoms with Crippen LogP contribution in [0.4, 0.5) is 0 Å². The van der Waals surface area contributed by atoms with Gasteiger partial charge < -0.3 is 14.0 Å². The van der Waals surface area contributed by atoms with Gasteiger partial charge in [0.1, 0.15) is 6.54 Å². The SMILES string of the molecule is CCCCOCCOCC[N+]1(CCCCS(=O)(=O)O)CCCCC1. The van der Waals surface area contributed by atoms with E-state index >= 15 is 0 Å². The van der Waals surface area contributed by atoms with Crippen molar-refractivity contribution in [3.63, 3.8) is 0 Å². The molecule has 0 aromatic carbocycles. The Morgan fingerprint density at radius 3 is 2.17 bits per heavy atom. The second kappa shape index (κ2) is 12.2. The molecule has 6 nitrogen and oxygen atoms in total. The second-order valence-electron chi connectivity index (χ2n) is 6.87. The Bertz CT molecular complexity index is 407. The van der Waals surface area contributed by atoms with E-state index in [-0.39, 0.29) is 5.75 Å². The second-order valence-corrected chi connectivity index (χ2v) is 8.44. The van der Waals surface area contributed by atoms with Crippen LogP contribution >= 0.6 is 0 Å². The van der Waals surface area contributed by atoms with Crippen LogP contribution in [0.5, 0.6) is 0 Å². The van der Waals surface area contributed by atoms with E-state index in [0.29, 0.717) is 19.6 Å². The van der Waals surface area contributed by atoms with Gasteiger partial charge in [-0.25, -0.2) is 0 Å². The summed E-state index contributed by atoms with van der Waals surface area (Å²) in [7, 11) is -3.83. The Labute approximate surface area is 147 Å². The van der Waals surface area contributed by atoms with E-state index in [2.05, 4.69) is 6.92 Å². The molecule has 144 valence electrons. The van der Waals surface area contributed by atoms with Crippen molar-refractivity contribution in [1.82, 2.24) is 0 Å². The van der Waals surface area contributed by atoms with Crippen molar-refractivity contribution in [3.05, 3.63) is 0 Å². The molecule has 0 aliphatic carbocycles. The fourth-order valence-electron chi connectivity index (χ4n) is 3.30. The van der Waals surface area contributed by atoms with Crippen LogP contribution in [0.1, 0.15) is 51.9 Å². The zero-order chi connectivity index (χ0) is 17.7. The molecule has 0 bridgehead atoms. The van der Waals surface area contributed by atoms with Crippen molar-refractivity contribution in [2.24, 2.45) is 0 Å². The first kappa shape index (κ1) is 21.8. The van der Waals surface area contributed by atoms with Crippen LogP contribution in [-0.2, 0) is 19.6 Å². The highest BCUT2D eigenvalue weighted by atomic mass is 32.2. The molecule has 1 fully saturated rings. The smallest absolute Gasteiger partial charge is 0.264 e. The molecule has 0 atom stereocenters. The van der Waals surface area contributed by atoms with E-state index in [0.717, 1.165) is 63.1 Å². The predicted octanol–water partition coefficient (Wildman–Crippen LogP) is 2.49. The lowest BCUT2D eigenvalue weighted by atomic mass is 10.1. The van der Waals surface area contributed by atoms with Gasteiger partial charge in [0.15, 0.2) is 0 Å². The van der Waals surface area contributed by atoms with Gasteiger partial charge in [0.25, 0.3) is 10.1 Å². The van der Waals surface area contributed by atoms with Crippen LogP contribution in [0.25, 0.3) is 0 Å². The van der Waals surface area contributed by atoms with Crippen molar-refractivity contribution in [1.29, 1.82) is 0 Å². The van der Waals surface area contributed by atoms with Crippen LogP contribution < -0.4 is 0 Å². The van der Waals surface area contributed by atoms with E-state index in [1.165, 1.54) is 19.3 Å². The number of unbranched alkanes of at least 4 members (excludes halogenated alkanes) is 2. The molecule has 0 aromatic heterocycles. The lowest BCUT2D eigenvalue weighted by Gasteiger charge is -2.41. The topological polar surface area (TPSA) is 72.8 Å². The predicted molar refractivity (Wildman–Crippen MR) is 95.8 cm³/mol. The van der Waals surface area contributed by atoms with Crippen molar-refractivity contribution in [2.45, 2.75) is 51.9 Å². The molecule has 0 amide bonds. The first-order valence-corrected chi connectivity index (χ1v) is 11.0. The van der Waals surface area contributed by atoms with Gasteiger partial charge in [-0.15, -0.1) is 0 Å². The average molecular weight is 367 g/mol. The van der Waals surface area contributed by atoms with Gasteiger partial charge in [-0.1, -0.05) is 13.3 Å². The van der Waals surface area contributed by atoms with E-state index < -0.39 is 10.1 Å². The molecule has 1 heterocycles. The maximum absolute atomic E-state index is 10.8. The number of hydrogen-bond acceptors (Lipinski definition) is 4. The molecule has 24 heavy (non-hydrogen) atoms. The van der Waals surface area contributed by atoms with Crippen molar-refractivity contribution < 1.29 is 26.9 Å². The molecule has 1 aliphatic rings. The van der Waals surface area contributed by atoms with E-state index in [1.807, 2.05) is 0 Å². The number of hydrogen-bond donors (Lipinski definition) is 1. The van der Waals surface area contributed by atoms with Crippen molar-refractivity contribution in [3.8, 4) is 0 Å². The first-order valence-electron chi connectivity index (χ1n) is 9.43. The molecular weight excluding hydrogens is 330 g/mol. The number of likely N-dealkylation sites (tertiary alicyclic amines) is 1. The monoisotopic (exact) mass is 366 g/mol. The van der Waals surface area contributed by atoms with Crippen LogP contribution in [0, 0.1) is 0 Å². The summed E-state index contributed by atoms with van der Waals surface area (Å²) in [4.78, 5) is 0. The summed E-state index contributed by atoms with van der Waals surface area (Å²) in [6.07, 6.45) is 7.38. The molecule has 0 aromatic rings. The lowest BCUT2D eigenvalue weighted by Crippen LogP contribution is -2.53. The standard InChI is InChI=1S/C17H35NO5S/c1-2-3-13-22-15-16-23-14-12-18(9-5-4-6-10-18)11-7-8-17-24(19,20)21/h2-17H2,1H3/p+1. The summed E-state index contributed by atoms with van der Waals surface area (Å²) in [5, 5.41) is 0. The molecule has 1 N–H and O–H groups in total. The third-order valence-electron chi connectivity index (χ3n) is 4.77. The highest BCUT2D eigenvalue weighted by Crippen LogP contribution is 2.20. The minimum absolute atomic E-state index is 0.126. The Morgan fingerprint density at radius 1 is 0.875 bits per heavy atom.